The van der Waals surface area contributed by atoms with E-state index in [0.29, 0.717) is 0 Å². The molecular formula is C19H28N2O. The molecular weight excluding hydrogens is 272 g/mol. The van der Waals surface area contributed by atoms with Crippen molar-refractivity contribution in [2.45, 2.75) is 69.2 Å². The van der Waals surface area contributed by atoms with Crippen molar-refractivity contribution in [3.8, 4) is 0 Å². The molecule has 3 heteroatoms. The molecule has 0 atom stereocenters. The van der Waals surface area contributed by atoms with E-state index in [4.69, 9.17) is 5.73 Å². The van der Waals surface area contributed by atoms with Gasteiger partial charge in [-0.15, -0.1) is 0 Å². The second kappa shape index (κ2) is 5.09. The molecule has 0 unspecified atom stereocenters. The minimum Gasteiger partial charge on any atom is -0.354 e. The van der Waals surface area contributed by atoms with E-state index in [9.17, 15) is 4.79 Å². The maximum atomic E-state index is 12.1. The molecule has 2 aliphatic carbocycles. The first-order valence-electron chi connectivity index (χ1n) is 8.44. The van der Waals surface area contributed by atoms with Crippen molar-refractivity contribution < 1.29 is 4.79 Å². The zero-order valence-electron chi connectivity index (χ0n) is 14.0. The van der Waals surface area contributed by atoms with Gasteiger partial charge in [0.25, 0.3) is 0 Å². The third kappa shape index (κ3) is 2.79. The lowest BCUT2D eigenvalue weighted by molar-refractivity contribution is -0.123. The summed E-state index contributed by atoms with van der Waals surface area (Å²) in [5, 5.41) is 3.11. The Morgan fingerprint density at radius 1 is 1.14 bits per heavy atom. The second-order valence-electron chi connectivity index (χ2n) is 8.30. The Balaban J connectivity index is 1.71. The van der Waals surface area contributed by atoms with E-state index in [0.717, 1.165) is 32.2 Å². The summed E-state index contributed by atoms with van der Waals surface area (Å²) in [5.74, 6) is 0.0325. The van der Waals surface area contributed by atoms with Crippen LogP contribution in [0.1, 0.15) is 64.0 Å². The quantitative estimate of drug-likeness (QED) is 0.898. The van der Waals surface area contributed by atoms with Gasteiger partial charge in [0.15, 0.2) is 0 Å². The molecule has 3 N–H and O–H groups in total. The predicted molar refractivity (Wildman–Crippen MR) is 89.8 cm³/mol. The number of hydrogen-bond donors (Lipinski definition) is 2. The number of carbonyl (C=O) groups excluding carboxylic acids is 1. The number of nitrogens with two attached hydrogens (primary N) is 1. The molecule has 1 aromatic rings. The molecule has 3 rings (SSSR count). The molecule has 0 aliphatic heterocycles. The van der Waals surface area contributed by atoms with Crippen molar-refractivity contribution in [3.05, 3.63) is 35.4 Å². The highest BCUT2D eigenvalue weighted by Gasteiger charge is 2.47. The van der Waals surface area contributed by atoms with Crippen LogP contribution in [0.5, 0.6) is 0 Å². The molecule has 22 heavy (non-hydrogen) atoms. The monoisotopic (exact) mass is 300 g/mol. The first-order chi connectivity index (χ1) is 10.3. The van der Waals surface area contributed by atoms with Gasteiger partial charge in [0.05, 0.1) is 5.54 Å². The summed E-state index contributed by atoms with van der Waals surface area (Å²) in [6.07, 6.45) is 5.20. The van der Waals surface area contributed by atoms with Crippen molar-refractivity contribution >= 4 is 5.91 Å². The van der Waals surface area contributed by atoms with E-state index in [1.54, 1.807) is 0 Å². The maximum Gasteiger partial charge on any atom is 0.240 e. The van der Waals surface area contributed by atoms with Crippen molar-refractivity contribution in [2.75, 3.05) is 6.54 Å². The molecule has 2 aliphatic rings. The SMILES string of the molecule is CC(C)(C)c1ccc(C2(CNC(=O)C3(N)CC3)CCC2)cc1. The first-order valence-corrected chi connectivity index (χ1v) is 8.44. The fourth-order valence-electron chi connectivity index (χ4n) is 3.28. The molecule has 0 aromatic heterocycles. The van der Waals surface area contributed by atoms with Gasteiger partial charge in [-0.1, -0.05) is 51.5 Å². The van der Waals surface area contributed by atoms with Crippen LogP contribution >= 0.6 is 0 Å². The lowest BCUT2D eigenvalue weighted by Crippen LogP contribution is -2.50. The van der Waals surface area contributed by atoms with E-state index in [1.807, 2.05) is 0 Å². The summed E-state index contributed by atoms with van der Waals surface area (Å²) in [6, 6.07) is 8.98. The van der Waals surface area contributed by atoms with E-state index < -0.39 is 5.54 Å². The largest absolute Gasteiger partial charge is 0.354 e. The maximum absolute atomic E-state index is 12.1. The summed E-state index contributed by atoms with van der Waals surface area (Å²) < 4.78 is 0. The molecule has 1 aromatic carbocycles. The van der Waals surface area contributed by atoms with Crippen LogP contribution in [0.25, 0.3) is 0 Å². The summed E-state index contributed by atoms with van der Waals surface area (Å²) in [5.41, 5.74) is 8.42. The van der Waals surface area contributed by atoms with Gasteiger partial charge >= 0.3 is 0 Å². The topological polar surface area (TPSA) is 55.1 Å². The van der Waals surface area contributed by atoms with Crippen molar-refractivity contribution in [1.82, 2.24) is 5.32 Å². The van der Waals surface area contributed by atoms with E-state index in [2.05, 4.69) is 50.4 Å². The minimum atomic E-state index is -0.568. The normalized spacial score (nSPS) is 21.8. The standard InChI is InChI=1S/C19H28N2O/c1-17(2,3)14-5-7-15(8-6-14)18(9-4-10-18)13-21-16(22)19(20)11-12-19/h5-8H,4,9-13,20H2,1-3H3,(H,21,22). The molecule has 0 spiro atoms. The Labute approximate surface area is 133 Å². The zero-order chi connectivity index (χ0) is 16.0. The fraction of sp³-hybridized carbons (Fsp3) is 0.632. The average molecular weight is 300 g/mol. The molecule has 0 radical (unpaired) electrons. The number of benzene rings is 1. The number of nitrogens with one attached hydrogen (secondary N) is 1. The van der Waals surface area contributed by atoms with Gasteiger partial charge in [-0.3, -0.25) is 4.79 Å². The van der Waals surface area contributed by atoms with E-state index in [-0.39, 0.29) is 16.7 Å². The Bertz CT molecular complexity index is 560. The van der Waals surface area contributed by atoms with Crippen LogP contribution in [0.4, 0.5) is 0 Å². The minimum absolute atomic E-state index is 0.0325. The lowest BCUT2D eigenvalue weighted by atomic mass is 9.64. The summed E-state index contributed by atoms with van der Waals surface area (Å²) in [6.45, 7) is 7.42. The predicted octanol–water partition coefficient (Wildman–Crippen LogP) is 3.01. The number of carbonyl (C=O) groups is 1. The van der Waals surface area contributed by atoms with Gasteiger partial charge < -0.3 is 11.1 Å². The molecule has 1 amide bonds. The molecule has 2 fully saturated rings. The first kappa shape index (κ1) is 15.5. The highest BCUT2D eigenvalue weighted by Crippen LogP contribution is 2.44. The van der Waals surface area contributed by atoms with Crippen molar-refractivity contribution in [2.24, 2.45) is 5.73 Å². The molecule has 2 saturated carbocycles. The molecule has 0 saturated heterocycles. The Morgan fingerprint density at radius 2 is 1.73 bits per heavy atom. The molecule has 0 heterocycles. The van der Waals surface area contributed by atoms with Crippen molar-refractivity contribution in [1.29, 1.82) is 0 Å². The van der Waals surface area contributed by atoms with Crippen molar-refractivity contribution in [3.63, 3.8) is 0 Å². The third-order valence-corrected chi connectivity index (χ3v) is 5.50. The molecule has 0 bridgehead atoms. The Hall–Kier alpha value is -1.35. The van der Waals surface area contributed by atoms with E-state index in [1.165, 1.54) is 17.5 Å². The van der Waals surface area contributed by atoms with Crippen LogP contribution in [0, 0.1) is 0 Å². The fourth-order valence-corrected chi connectivity index (χ4v) is 3.28. The van der Waals surface area contributed by atoms with Gasteiger partial charge in [0, 0.05) is 12.0 Å². The third-order valence-electron chi connectivity index (χ3n) is 5.50. The summed E-state index contributed by atoms with van der Waals surface area (Å²) >= 11 is 0. The highest BCUT2D eigenvalue weighted by molar-refractivity contribution is 5.89. The van der Waals surface area contributed by atoms with Gasteiger partial charge in [-0.25, -0.2) is 0 Å². The average Bonchev–Trinajstić information content (AvgIpc) is 3.16. The van der Waals surface area contributed by atoms with Crippen LogP contribution in [-0.4, -0.2) is 18.0 Å². The Kier molecular flexibility index (Phi) is 3.59. The number of hydrogen-bond acceptors (Lipinski definition) is 2. The Morgan fingerprint density at radius 3 is 2.14 bits per heavy atom. The van der Waals surface area contributed by atoms with Gasteiger partial charge in [0.1, 0.15) is 0 Å². The van der Waals surface area contributed by atoms with Crippen LogP contribution in [0.2, 0.25) is 0 Å². The number of rotatable bonds is 4. The smallest absolute Gasteiger partial charge is 0.240 e. The van der Waals surface area contributed by atoms with Crippen LogP contribution in [0.15, 0.2) is 24.3 Å². The van der Waals surface area contributed by atoms with E-state index >= 15 is 0 Å². The van der Waals surface area contributed by atoms with Crippen LogP contribution < -0.4 is 11.1 Å². The van der Waals surface area contributed by atoms with Gasteiger partial charge in [0.2, 0.25) is 5.91 Å². The molecule has 3 nitrogen and oxygen atoms in total. The second-order valence-corrected chi connectivity index (χ2v) is 8.30. The van der Waals surface area contributed by atoms with Crippen LogP contribution in [0.3, 0.4) is 0 Å². The summed E-state index contributed by atoms with van der Waals surface area (Å²) in [4.78, 5) is 12.1. The highest BCUT2D eigenvalue weighted by atomic mass is 16.2. The zero-order valence-corrected chi connectivity index (χ0v) is 14.0. The van der Waals surface area contributed by atoms with Gasteiger partial charge in [-0.2, -0.15) is 0 Å². The molecule has 120 valence electrons. The summed E-state index contributed by atoms with van der Waals surface area (Å²) in [7, 11) is 0. The number of amides is 1. The van der Waals surface area contributed by atoms with Gasteiger partial charge in [-0.05, 0) is 42.2 Å². The van der Waals surface area contributed by atoms with Crippen LogP contribution in [-0.2, 0) is 15.6 Å². The lowest BCUT2D eigenvalue weighted by Gasteiger charge is -2.43.